The molecule has 0 saturated carbocycles. The molecule has 0 aliphatic carbocycles. The van der Waals surface area contributed by atoms with Crippen LogP contribution in [0.15, 0.2) is 16.6 Å². The van der Waals surface area contributed by atoms with Gasteiger partial charge in [-0.3, -0.25) is 4.99 Å². The van der Waals surface area contributed by atoms with Crippen LogP contribution in [0.25, 0.3) is 0 Å². The third-order valence-corrected chi connectivity index (χ3v) is 2.92. The van der Waals surface area contributed by atoms with Gasteiger partial charge in [0.05, 0.1) is 0 Å². The van der Waals surface area contributed by atoms with Gasteiger partial charge in [-0.1, -0.05) is 38.8 Å². The quantitative estimate of drug-likeness (QED) is 0.591. The van der Waals surface area contributed by atoms with Gasteiger partial charge in [0.1, 0.15) is 0 Å². The Morgan fingerprint density at radius 3 is 2.79 bits per heavy atom. The predicted molar refractivity (Wildman–Crippen MR) is 63.9 cm³/mol. The van der Waals surface area contributed by atoms with Gasteiger partial charge in [-0.2, -0.15) is 0 Å². The van der Waals surface area contributed by atoms with Gasteiger partial charge in [0.2, 0.25) is 0 Å². The molecule has 0 aromatic rings. The molecule has 14 heavy (non-hydrogen) atoms. The van der Waals surface area contributed by atoms with Gasteiger partial charge >= 0.3 is 0 Å². The van der Waals surface area contributed by atoms with Crippen molar-refractivity contribution in [1.82, 2.24) is 0 Å². The van der Waals surface area contributed by atoms with Crippen molar-refractivity contribution in [3.05, 3.63) is 11.6 Å². The van der Waals surface area contributed by atoms with E-state index in [1.54, 1.807) is 5.57 Å². The van der Waals surface area contributed by atoms with Gasteiger partial charge in [-0.05, 0) is 31.6 Å². The van der Waals surface area contributed by atoms with Crippen LogP contribution in [0.1, 0.15) is 47.0 Å². The van der Waals surface area contributed by atoms with Crippen LogP contribution in [0.5, 0.6) is 0 Å². The van der Waals surface area contributed by atoms with Crippen LogP contribution in [-0.4, -0.2) is 12.3 Å². The third kappa shape index (κ3) is 3.28. The summed E-state index contributed by atoms with van der Waals surface area (Å²) in [5.74, 6) is 1.32. The first-order valence-corrected chi connectivity index (χ1v) is 5.84. The van der Waals surface area contributed by atoms with Gasteiger partial charge in [-0.25, -0.2) is 0 Å². The molecule has 0 radical (unpaired) electrons. The summed E-state index contributed by atoms with van der Waals surface area (Å²) in [4.78, 5) is 4.58. The molecule has 0 N–H and O–H groups in total. The van der Waals surface area contributed by atoms with Gasteiger partial charge in [0.15, 0.2) is 0 Å². The zero-order valence-corrected chi connectivity index (χ0v) is 10.0. The highest BCUT2D eigenvalue weighted by molar-refractivity contribution is 5.82. The van der Waals surface area contributed by atoms with Crippen molar-refractivity contribution >= 4 is 5.71 Å². The highest BCUT2D eigenvalue weighted by atomic mass is 14.7. The maximum Gasteiger partial charge on any atom is 0.0448 e. The topological polar surface area (TPSA) is 12.4 Å². The van der Waals surface area contributed by atoms with Gasteiger partial charge in [0.25, 0.3) is 0 Å². The van der Waals surface area contributed by atoms with E-state index >= 15 is 0 Å². The molecule has 1 heteroatoms. The van der Waals surface area contributed by atoms with E-state index in [0.29, 0.717) is 11.8 Å². The van der Waals surface area contributed by atoms with E-state index in [-0.39, 0.29) is 0 Å². The second kappa shape index (κ2) is 5.33. The first-order chi connectivity index (χ1) is 6.63. The molecule has 0 amide bonds. The second-order valence-electron chi connectivity index (χ2n) is 4.65. The summed E-state index contributed by atoms with van der Waals surface area (Å²) >= 11 is 0. The maximum absolute atomic E-state index is 4.58. The van der Waals surface area contributed by atoms with Crippen molar-refractivity contribution in [2.24, 2.45) is 16.8 Å². The molecular weight excluding hydrogens is 170 g/mol. The average molecular weight is 193 g/mol. The van der Waals surface area contributed by atoms with Crippen LogP contribution < -0.4 is 0 Å². The molecule has 0 fully saturated rings. The summed E-state index contributed by atoms with van der Waals surface area (Å²) in [6, 6.07) is 0. The van der Waals surface area contributed by atoms with Crippen LogP contribution in [0.2, 0.25) is 0 Å². The minimum atomic E-state index is 0.620. The predicted octanol–water partition coefficient (Wildman–Crippen LogP) is 3.85. The molecule has 0 spiro atoms. The van der Waals surface area contributed by atoms with Crippen LogP contribution in [-0.2, 0) is 0 Å². The number of aliphatic imine (C=N–C) groups is 1. The van der Waals surface area contributed by atoms with Crippen LogP contribution in [0, 0.1) is 11.8 Å². The Hall–Kier alpha value is -0.590. The molecule has 2 atom stereocenters. The Balaban J connectivity index is 2.75. The molecular formula is C13H23N. The molecule has 0 bridgehead atoms. The molecule has 2 unspecified atom stereocenters. The van der Waals surface area contributed by atoms with E-state index in [9.17, 15) is 0 Å². The smallest absolute Gasteiger partial charge is 0.0448 e. The van der Waals surface area contributed by atoms with E-state index in [1.165, 1.54) is 18.6 Å². The summed E-state index contributed by atoms with van der Waals surface area (Å²) < 4.78 is 0. The van der Waals surface area contributed by atoms with Crippen molar-refractivity contribution in [2.75, 3.05) is 6.54 Å². The van der Waals surface area contributed by atoms with Crippen molar-refractivity contribution in [2.45, 2.75) is 47.0 Å². The number of nitrogens with zero attached hydrogens (tertiary/aromatic N) is 1. The Bertz CT molecular complexity index is 238. The minimum Gasteiger partial charge on any atom is -0.294 e. The Kier molecular flexibility index (Phi) is 4.37. The fourth-order valence-electron chi connectivity index (χ4n) is 2.14. The second-order valence-corrected chi connectivity index (χ2v) is 4.65. The molecule has 1 aliphatic heterocycles. The maximum atomic E-state index is 4.58. The van der Waals surface area contributed by atoms with E-state index in [1.807, 2.05) is 0 Å². The van der Waals surface area contributed by atoms with Gasteiger partial charge in [0, 0.05) is 12.3 Å². The van der Waals surface area contributed by atoms with Gasteiger partial charge in [-0.15, -0.1) is 0 Å². The molecule has 1 nitrogen and oxygen atoms in total. The number of rotatable bonds is 2. The summed E-state index contributed by atoms with van der Waals surface area (Å²) in [5.41, 5.74) is 2.97. The molecule has 0 aromatic heterocycles. The van der Waals surface area contributed by atoms with Crippen LogP contribution in [0.4, 0.5) is 0 Å². The van der Waals surface area contributed by atoms with Crippen molar-refractivity contribution < 1.29 is 0 Å². The summed E-state index contributed by atoms with van der Waals surface area (Å²) in [5, 5.41) is 0. The molecule has 1 rings (SSSR count). The zero-order chi connectivity index (χ0) is 10.6. The lowest BCUT2D eigenvalue weighted by atomic mass is 9.88. The van der Waals surface area contributed by atoms with E-state index in [0.717, 1.165) is 13.0 Å². The van der Waals surface area contributed by atoms with Gasteiger partial charge < -0.3 is 0 Å². The molecule has 1 heterocycles. The zero-order valence-electron chi connectivity index (χ0n) is 10.0. The molecule has 0 saturated heterocycles. The molecule has 1 aliphatic rings. The van der Waals surface area contributed by atoms with E-state index in [2.05, 4.69) is 38.8 Å². The van der Waals surface area contributed by atoms with Crippen LogP contribution in [0.3, 0.4) is 0 Å². The standard InChI is InChI=1S/C13H23N/c1-5-6-13-7-10(2)9-14-12(4)8-11(13)3/h7,10-11H,5-6,8-9H2,1-4H3. The lowest BCUT2D eigenvalue weighted by Gasteiger charge is -2.20. The van der Waals surface area contributed by atoms with E-state index < -0.39 is 0 Å². The van der Waals surface area contributed by atoms with Crippen molar-refractivity contribution in [3.63, 3.8) is 0 Å². The highest BCUT2D eigenvalue weighted by Crippen LogP contribution is 2.24. The molecule has 0 aromatic carbocycles. The monoisotopic (exact) mass is 193 g/mol. The number of allylic oxidation sites excluding steroid dienone is 1. The fraction of sp³-hybridized carbons (Fsp3) is 0.769. The third-order valence-electron chi connectivity index (χ3n) is 2.92. The Morgan fingerprint density at radius 1 is 1.43 bits per heavy atom. The highest BCUT2D eigenvalue weighted by Gasteiger charge is 2.13. The Morgan fingerprint density at radius 2 is 2.14 bits per heavy atom. The normalized spacial score (nSPS) is 28.9. The van der Waals surface area contributed by atoms with E-state index in [4.69, 9.17) is 0 Å². The summed E-state index contributed by atoms with van der Waals surface area (Å²) in [6.07, 6.45) is 6.13. The SMILES string of the molecule is CCCC1=CC(C)CN=C(C)CC1C. The van der Waals surface area contributed by atoms with Crippen molar-refractivity contribution in [3.8, 4) is 0 Å². The molecule has 80 valence electrons. The lowest BCUT2D eigenvalue weighted by Crippen LogP contribution is -2.12. The lowest BCUT2D eigenvalue weighted by molar-refractivity contribution is 0.618. The first kappa shape index (κ1) is 11.5. The summed E-state index contributed by atoms with van der Waals surface area (Å²) in [7, 11) is 0. The summed E-state index contributed by atoms with van der Waals surface area (Å²) in [6.45, 7) is 10.0. The number of hydrogen-bond donors (Lipinski definition) is 0. The average Bonchev–Trinajstić information content (AvgIpc) is 2.12. The fourth-order valence-corrected chi connectivity index (χ4v) is 2.14. The number of hydrogen-bond acceptors (Lipinski definition) is 1. The largest absolute Gasteiger partial charge is 0.294 e. The Labute approximate surface area is 88.3 Å². The van der Waals surface area contributed by atoms with Crippen molar-refractivity contribution in [1.29, 1.82) is 0 Å². The minimum absolute atomic E-state index is 0.620. The van der Waals surface area contributed by atoms with Crippen LogP contribution >= 0.6 is 0 Å². The first-order valence-electron chi connectivity index (χ1n) is 5.84.